The van der Waals surface area contributed by atoms with Crippen molar-refractivity contribution < 1.29 is 28.5 Å². The molecule has 0 saturated carbocycles. The van der Waals surface area contributed by atoms with Crippen LogP contribution in [0.15, 0.2) is 36.9 Å². The summed E-state index contributed by atoms with van der Waals surface area (Å²) in [7, 11) is 0. The summed E-state index contributed by atoms with van der Waals surface area (Å²) in [6.45, 7) is 9.50. The zero-order valence-electron chi connectivity index (χ0n) is 16.1. The van der Waals surface area contributed by atoms with Gasteiger partial charge < -0.3 is 24.3 Å². The van der Waals surface area contributed by atoms with Gasteiger partial charge in [0.25, 0.3) is 5.91 Å². The average molecular weight is 379 g/mol. The van der Waals surface area contributed by atoms with Gasteiger partial charge in [-0.1, -0.05) is 30.3 Å². The Hall–Kier alpha value is -2.22. The summed E-state index contributed by atoms with van der Waals surface area (Å²) in [5.41, 5.74) is 1.95. The number of ether oxygens (including phenoxy) is 4. The molecule has 1 aromatic carbocycles. The molecular weight excluding hydrogens is 350 g/mol. The van der Waals surface area contributed by atoms with E-state index in [-0.39, 0.29) is 19.1 Å². The van der Waals surface area contributed by atoms with E-state index >= 15 is 0 Å². The van der Waals surface area contributed by atoms with Gasteiger partial charge in [0, 0.05) is 13.2 Å². The van der Waals surface area contributed by atoms with Crippen molar-refractivity contribution in [2.75, 3.05) is 33.0 Å². The first-order chi connectivity index (χ1) is 13.1. The van der Waals surface area contributed by atoms with Crippen molar-refractivity contribution in [2.24, 2.45) is 0 Å². The Morgan fingerprint density at radius 1 is 1.22 bits per heavy atom. The SMILES string of the molecule is C=CCOC(C)C(=O)OCC(=O)NCc1cccc(COCCOCC)c1. The fourth-order valence-electron chi connectivity index (χ4n) is 2.07. The lowest BCUT2D eigenvalue weighted by molar-refractivity contribution is -0.158. The molecule has 0 radical (unpaired) electrons. The largest absolute Gasteiger partial charge is 0.454 e. The van der Waals surface area contributed by atoms with E-state index in [9.17, 15) is 9.59 Å². The van der Waals surface area contributed by atoms with E-state index in [4.69, 9.17) is 18.9 Å². The normalized spacial score (nSPS) is 11.6. The monoisotopic (exact) mass is 379 g/mol. The molecule has 0 aliphatic carbocycles. The Balaban J connectivity index is 2.29. The molecule has 0 fully saturated rings. The molecule has 0 aliphatic heterocycles. The lowest BCUT2D eigenvalue weighted by atomic mass is 10.1. The molecule has 7 nitrogen and oxygen atoms in total. The predicted octanol–water partition coefficient (Wildman–Crippen LogP) is 1.99. The average Bonchev–Trinajstić information content (AvgIpc) is 2.68. The minimum absolute atomic E-state index is 0.244. The van der Waals surface area contributed by atoms with Crippen LogP contribution in [0.1, 0.15) is 25.0 Å². The molecule has 0 aliphatic rings. The molecule has 1 atom stereocenters. The molecule has 1 N–H and O–H groups in total. The lowest BCUT2D eigenvalue weighted by Gasteiger charge is -2.12. The molecule has 7 heteroatoms. The van der Waals surface area contributed by atoms with E-state index in [0.717, 1.165) is 11.1 Å². The minimum Gasteiger partial charge on any atom is -0.454 e. The van der Waals surface area contributed by atoms with Crippen LogP contribution in [0.25, 0.3) is 0 Å². The third kappa shape index (κ3) is 10.5. The second kappa shape index (κ2) is 13.9. The van der Waals surface area contributed by atoms with Crippen LogP contribution in [-0.2, 0) is 41.7 Å². The molecule has 0 aromatic heterocycles. The molecule has 0 spiro atoms. The van der Waals surface area contributed by atoms with Gasteiger partial charge in [-0.05, 0) is 25.0 Å². The molecular formula is C20H29NO6. The highest BCUT2D eigenvalue weighted by atomic mass is 16.6. The summed E-state index contributed by atoms with van der Waals surface area (Å²) in [6, 6.07) is 7.72. The van der Waals surface area contributed by atoms with Crippen molar-refractivity contribution in [1.82, 2.24) is 5.32 Å². The topological polar surface area (TPSA) is 83.1 Å². The van der Waals surface area contributed by atoms with E-state index in [2.05, 4.69) is 11.9 Å². The van der Waals surface area contributed by atoms with Crippen molar-refractivity contribution >= 4 is 11.9 Å². The van der Waals surface area contributed by atoms with Crippen LogP contribution in [0.2, 0.25) is 0 Å². The molecule has 1 aromatic rings. The fourth-order valence-corrected chi connectivity index (χ4v) is 2.07. The Morgan fingerprint density at radius 2 is 1.96 bits per heavy atom. The van der Waals surface area contributed by atoms with Crippen LogP contribution in [-0.4, -0.2) is 51.0 Å². The summed E-state index contributed by atoms with van der Waals surface area (Å²) >= 11 is 0. The van der Waals surface area contributed by atoms with Gasteiger partial charge in [0.15, 0.2) is 12.7 Å². The molecule has 150 valence electrons. The summed E-state index contributed by atoms with van der Waals surface area (Å²) in [5.74, 6) is -0.962. The maximum atomic E-state index is 11.8. The predicted molar refractivity (Wildman–Crippen MR) is 101 cm³/mol. The van der Waals surface area contributed by atoms with E-state index in [0.29, 0.717) is 33.0 Å². The van der Waals surface area contributed by atoms with Gasteiger partial charge in [0.05, 0.1) is 26.4 Å². The van der Waals surface area contributed by atoms with Crippen LogP contribution < -0.4 is 5.32 Å². The van der Waals surface area contributed by atoms with Crippen LogP contribution in [0.3, 0.4) is 0 Å². The number of hydrogen-bond donors (Lipinski definition) is 1. The van der Waals surface area contributed by atoms with Gasteiger partial charge >= 0.3 is 5.97 Å². The molecule has 1 amide bonds. The number of carbonyl (C=O) groups excluding carboxylic acids is 2. The van der Waals surface area contributed by atoms with Crippen LogP contribution in [0.4, 0.5) is 0 Å². The van der Waals surface area contributed by atoms with Crippen LogP contribution in [0.5, 0.6) is 0 Å². The summed E-state index contributed by atoms with van der Waals surface area (Å²) in [6.07, 6.45) is 0.796. The Morgan fingerprint density at radius 3 is 2.70 bits per heavy atom. The molecule has 1 unspecified atom stereocenters. The highest BCUT2D eigenvalue weighted by Gasteiger charge is 2.15. The number of rotatable bonds is 14. The number of benzene rings is 1. The first-order valence-electron chi connectivity index (χ1n) is 8.96. The van der Waals surface area contributed by atoms with Gasteiger partial charge in [-0.25, -0.2) is 4.79 Å². The Bertz CT molecular complexity index is 590. The fraction of sp³-hybridized carbons (Fsp3) is 0.500. The van der Waals surface area contributed by atoms with E-state index in [1.165, 1.54) is 6.08 Å². The molecule has 0 saturated heterocycles. The second-order valence-corrected chi connectivity index (χ2v) is 5.72. The maximum Gasteiger partial charge on any atom is 0.335 e. The molecule has 1 rings (SSSR count). The molecule has 27 heavy (non-hydrogen) atoms. The first-order valence-corrected chi connectivity index (χ1v) is 8.96. The third-order valence-corrected chi connectivity index (χ3v) is 3.47. The Kier molecular flexibility index (Phi) is 11.8. The zero-order chi connectivity index (χ0) is 19.9. The third-order valence-electron chi connectivity index (χ3n) is 3.47. The molecule has 0 heterocycles. The standard InChI is InChI=1S/C20H29NO6/c1-4-9-26-16(3)20(23)27-15-19(22)21-13-17-7-6-8-18(12-17)14-25-11-10-24-5-2/h4,6-8,12,16H,1,5,9-11,13-15H2,2-3H3,(H,21,22). The lowest BCUT2D eigenvalue weighted by Crippen LogP contribution is -2.31. The van der Waals surface area contributed by atoms with Crippen molar-refractivity contribution in [3.63, 3.8) is 0 Å². The summed E-state index contributed by atoms with van der Waals surface area (Å²) in [4.78, 5) is 23.5. The molecule has 0 bridgehead atoms. The Labute approximate surface area is 160 Å². The highest BCUT2D eigenvalue weighted by Crippen LogP contribution is 2.07. The van der Waals surface area contributed by atoms with Crippen molar-refractivity contribution in [3.05, 3.63) is 48.0 Å². The van der Waals surface area contributed by atoms with Gasteiger partial charge in [-0.15, -0.1) is 6.58 Å². The number of esters is 1. The number of amides is 1. The maximum absolute atomic E-state index is 11.8. The van der Waals surface area contributed by atoms with Crippen LogP contribution in [0, 0.1) is 0 Å². The van der Waals surface area contributed by atoms with Gasteiger partial charge in [-0.2, -0.15) is 0 Å². The van der Waals surface area contributed by atoms with Crippen molar-refractivity contribution in [3.8, 4) is 0 Å². The van der Waals surface area contributed by atoms with Crippen molar-refractivity contribution in [2.45, 2.75) is 33.1 Å². The van der Waals surface area contributed by atoms with E-state index in [1.54, 1.807) is 6.92 Å². The smallest absolute Gasteiger partial charge is 0.335 e. The van der Waals surface area contributed by atoms with Gasteiger partial charge in [-0.3, -0.25) is 4.79 Å². The minimum atomic E-state index is -0.741. The first kappa shape index (κ1) is 22.8. The quantitative estimate of drug-likeness (QED) is 0.302. The number of hydrogen-bond acceptors (Lipinski definition) is 6. The van der Waals surface area contributed by atoms with Crippen molar-refractivity contribution in [1.29, 1.82) is 0 Å². The van der Waals surface area contributed by atoms with Gasteiger partial charge in [0.1, 0.15) is 0 Å². The summed E-state index contributed by atoms with van der Waals surface area (Å²) < 4.78 is 20.8. The summed E-state index contributed by atoms with van der Waals surface area (Å²) in [5, 5.41) is 2.71. The zero-order valence-corrected chi connectivity index (χ0v) is 16.1. The van der Waals surface area contributed by atoms with E-state index in [1.807, 2.05) is 31.2 Å². The number of carbonyl (C=O) groups is 2. The highest BCUT2D eigenvalue weighted by molar-refractivity contribution is 5.81. The van der Waals surface area contributed by atoms with Gasteiger partial charge in [0.2, 0.25) is 0 Å². The second-order valence-electron chi connectivity index (χ2n) is 5.72. The number of nitrogens with one attached hydrogen (secondary N) is 1. The van der Waals surface area contributed by atoms with E-state index < -0.39 is 12.1 Å². The van der Waals surface area contributed by atoms with Crippen LogP contribution >= 0.6 is 0 Å².